The molecule has 110 valence electrons. The van der Waals surface area contributed by atoms with Crippen molar-refractivity contribution in [3.8, 4) is 0 Å². The Labute approximate surface area is 114 Å². The fraction of sp³-hybridized carbons (Fsp3) is 0.857. The van der Waals surface area contributed by atoms with E-state index in [1.807, 2.05) is 13.8 Å². The maximum Gasteiger partial charge on any atom is 0.306 e. The predicted octanol–water partition coefficient (Wildman–Crippen LogP) is 1.83. The number of hydrogen-bond donors (Lipinski definition) is 2. The molecule has 0 amide bonds. The molecule has 2 N–H and O–H groups in total. The lowest BCUT2D eigenvalue weighted by Crippen LogP contribution is -2.48. The monoisotopic (exact) mass is 272 g/mol. The number of aliphatic hydroxyl groups excluding tert-OH is 1. The molecule has 0 heterocycles. The van der Waals surface area contributed by atoms with Crippen LogP contribution in [0.2, 0.25) is 0 Å². The van der Waals surface area contributed by atoms with Crippen LogP contribution in [0.25, 0.3) is 0 Å². The Balaban J connectivity index is 2.74. The number of carbonyl (C=O) groups excluding carboxylic acids is 1. The molecule has 19 heavy (non-hydrogen) atoms. The highest BCUT2D eigenvalue weighted by Crippen LogP contribution is 2.45. The average Bonchev–Trinajstić information content (AvgIpc) is 2.31. The number of carboxylic acids is 1. The summed E-state index contributed by atoms with van der Waals surface area (Å²) in [5, 5.41) is 19.4. The second kappa shape index (κ2) is 5.90. The van der Waals surface area contributed by atoms with Gasteiger partial charge in [-0.2, -0.15) is 0 Å². The van der Waals surface area contributed by atoms with E-state index in [0.717, 1.165) is 0 Å². The van der Waals surface area contributed by atoms with Crippen molar-refractivity contribution in [3.05, 3.63) is 0 Å². The van der Waals surface area contributed by atoms with E-state index in [-0.39, 0.29) is 18.0 Å². The van der Waals surface area contributed by atoms with Crippen LogP contribution < -0.4 is 0 Å². The van der Waals surface area contributed by atoms with Gasteiger partial charge < -0.3 is 14.9 Å². The van der Waals surface area contributed by atoms with Gasteiger partial charge in [0.2, 0.25) is 0 Å². The molecular weight excluding hydrogens is 248 g/mol. The van der Waals surface area contributed by atoms with Crippen LogP contribution in [0.1, 0.15) is 47.0 Å². The van der Waals surface area contributed by atoms with E-state index in [0.29, 0.717) is 19.3 Å². The molecule has 5 nitrogen and oxygen atoms in total. The topological polar surface area (TPSA) is 83.8 Å². The van der Waals surface area contributed by atoms with Gasteiger partial charge in [-0.1, -0.05) is 20.8 Å². The lowest BCUT2D eigenvalue weighted by atomic mass is 9.62. The summed E-state index contributed by atoms with van der Waals surface area (Å²) < 4.78 is 5.13. The van der Waals surface area contributed by atoms with Gasteiger partial charge in [0.1, 0.15) is 6.10 Å². The molecule has 0 aliphatic heterocycles. The van der Waals surface area contributed by atoms with Crippen molar-refractivity contribution in [3.63, 3.8) is 0 Å². The average molecular weight is 272 g/mol. The van der Waals surface area contributed by atoms with E-state index < -0.39 is 23.4 Å². The molecule has 0 bridgehead atoms. The van der Waals surface area contributed by atoms with E-state index in [9.17, 15) is 14.7 Å². The SMILES string of the molecule is CC(=O)O[C@H]1CC[C@](C)(C(C)C(C)C(=O)O)C(O)C1. The zero-order chi connectivity index (χ0) is 14.8. The number of rotatable bonds is 4. The lowest BCUT2D eigenvalue weighted by Gasteiger charge is -2.46. The number of carboxylic acid groups (broad SMARTS) is 1. The predicted molar refractivity (Wildman–Crippen MR) is 69.5 cm³/mol. The summed E-state index contributed by atoms with van der Waals surface area (Å²) in [6, 6.07) is 0. The molecule has 1 saturated carbocycles. The highest BCUT2D eigenvalue weighted by atomic mass is 16.5. The third kappa shape index (κ3) is 3.47. The van der Waals surface area contributed by atoms with Crippen LogP contribution in [-0.2, 0) is 14.3 Å². The molecule has 1 aliphatic carbocycles. The molecule has 5 heteroatoms. The van der Waals surface area contributed by atoms with Gasteiger partial charge in [0.05, 0.1) is 12.0 Å². The lowest BCUT2D eigenvalue weighted by molar-refractivity contribution is -0.158. The molecule has 0 spiro atoms. The molecule has 0 aromatic heterocycles. The molecule has 0 radical (unpaired) electrons. The molecular formula is C14H24O5. The van der Waals surface area contributed by atoms with E-state index >= 15 is 0 Å². The minimum absolute atomic E-state index is 0.140. The van der Waals surface area contributed by atoms with Crippen molar-refractivity contribution in [2.24, 2.45) is 17.3 Å². The highest BCUT2D eigenvalue weighted by molar-refractivity contribution is 5.70. The zero-order valence-corrected chi connectivity index (χ0v) is 12.0. The number of ether oxygens (including phenoxy) is 1. The van der Waals surface area contributed by atoms with Gasteiger partial charge in [-0.25, -0.2) is 0 Å². The Bertz CT molecular complexity index is 354. The smallest absolute Gasteiger partial charge is 0.306 e. The summed E-state index contributed by atoms with van der Waals surface area (Å²) in [6.07, 6.45) is 0.803. The number of esters is 1. The van der Waals surface area contributed by atoms with Gasteiger partial charge in [0, 0.05) is 13.3 Å². The quantitative estimate of drug-likeness (QED) is 0.763. The van der Waals surface area contributed by atoms with Crippen LogP contribution in [0.5, 0.6) is 0 Å². The van der Waals surface area contributed by atoms with Gasteiger partial charge >= 0.3 is 11.9 Å². The van der Waals surface area contributed by atoms with Crippen LogP contribution in [-0.4, -0.2) is 34.4 Å². The maximum absolute atomic E-state index is 11.1. The van der Waals surface area contributed by atoms with Gasteiger partial charge in [-0.05, 0) is 24.2 Å². The second-order valence-corrected chi connectivity index (χ2v) is 5.94. The third-order valence-corrected chi connectivity index (χ3v) is 4.76. The minimum atomic E-state index is -0.844. The summed E-state index contributed by atoms with van der Waals surface area (Å²) in [5.41, 5.74) is -0.450. The molecule has 0 aromatic rings. The maximum atomic E-state index is 11.1. The van der Waals surface area contributed by atoms with Crippen LogP contribution >= 0.6 is 0 Å². The van der Waals surface area contributed by atoms with Crippen LogP contribution in [0.3, 0.4) is 0 Å². The van der Waals surface area contributed by atoms with Gasteiger partial charge in [0.25, 0.3) is 0 Å². The molecule has 0 saturated heterocycles. The second-order valence-electron chi connectivity index (χ2n) is 5.94. The number of hydrogen-bond acceptors (Lipinski definition) is 4. The van der Waals surface area contributed by atoms with Crippen LogP contribution in [0, 0.1) is 17.3 Å². The first kappa shape index (κ1) is 16.0. The molecule has 1 fully saturated rings. The number of aliphatic carboxylic acids is 1. The van der Waals surface area contributed by atoms with E-state index in [2.05, 4.69) is 0 Å². The Hall–Kier alpha value is -1.10. The van der Waals surface area contributed by atoms with E-state index in [1.54, 1.807) is 6.92 Å². The van der Waals surface area contributed by atoms with Crippen molar-refractivity contribution in [1.82, 2.24) is 0 Å². The minimum Gasteiger partial charge on any atom is -0.481 e. The first-order chi connectivity index (χ1) is 8.68. The first-order valence-corrected chi connectivity index (χ1v) is 6.76. The highest BCUT2D eigenvalue weighted by Gasteiger charge is 2.46. The first-order valence-electron chi connectivity index (χ1n) is 6.76. The van der Waals surface area contributed by atoms with Crippen molar-refractivity contribution in [2.75, 3.05) is 0 Å². The summed E-state index contributed by atoms with van der Waals surface area (Å²) in [6.45, 7) is 6.82. The normalized spacial score (nSPS) is 34.4. The van der Waals surface area contributed by atoms with E-state index in [4.69, 9.17) is 9.84 Å². The summed E-state index contributed by atoms with van der Waals surface area (Å²) in [5.74, 6) is -1.83. The largest absolute Gasteiger partial charge is 0.481 e. The number of aliphatic hydroxyl groups is 1. The van der Waals surface area contributed by atoms with Crippen molar-refractivity contribution in [2.45, 2.75) is 59.2 Å². The van der Waals surface area contributed by atoms with Crippen molar-refractivity contribution < 1.29 is 24.5 Å². The van der Waals surface area contributed by atoms with Crippen molar-refractivity contribution >= 4 is 11.9 Å². The Morgan fingerprint density at radius 1 is 1.37 bits per heavy atom. The standard InChI is InChI=1S/C14H24O5/c1-8(13(17)18)9(2)14(4)6-5-11(7-12(14)16)19-10(3)15/h8-9,11-12,16H,5-7H2,1-4H3,(H,17,18)/t8?,9?,11-,12?,14+/m0/s1. The Morgan fingerprint density at radius 3 is 2.37 bits per heavy atom. The molecule has 5 atom stereocenters. The van der Waals surface area contributed by atoms with Crippen LogP contribution in [0.4, 0.5) is 0 Å². The van der Waals surface area contributed by atoms with Crippen molar-refractivity contribution in [1.29, 1.82) is 0 Å². The molecule has 1 rings (SSSR count). The molecule has 0 aromatic carbocycles. The summed E-state index contributed by atoms with van der Waals surface area (Å²) >= 11 is 0. The zero-order valence-electron chi connectivity index (χ0n) is 12.0. The Kier molecular flexibility index (Phi) is 4.96. The summed E-state index contributed by atoms with van der Waals surface area (Å²) in [4.78, 5) is 22.0. The van der Waals surface area contributed by atoms with Gasteiger partial charge in [-0.15, -0.1) is 0 Å². The Morgan fingerprint density at radius 2 is 1.95 bits per heavy atom. The third-order valence-electron chi connectivity index (χ3n) is 4.76. The molecule has 1 aliphatic rings. The fourth-order valence-corrected chi connectivity index (χ4v) is 2.93. The summed E-state index contributed by atoms with van der Waals surface area (Å²) in [7, 11) is 0. The molecule has 3 unspecified atom stereocenters. The fourth-order valence-electron chi connectivity index (χ4n) is 2.93. The van der Waals surface area contributed by atoms with Crippen LogP contribution in [0.15, 0.2) is 0 Å². The van der Waals surface area contributed by atoms with E-state index in [1.165, 1.54) is 6.92 Å². The number of carbonyl (C=O) groups is 2. The van der Waals surface area contributed by atoms with Gasteiger partial charge in [-0.3, -0.25) is 9.59 Å². The van der Waals surface area contributed by atoms with Gasteiger partial charge in [0.15, 0.2) is 0 Å².